The highest BCUT2D eigenvalue weighted by Crippen LogP contribution is 2.41. The highest BCUT2D eigenvalue weighted by molar-refractivity contribution is 5.99. The van der Waals surface area contributed by atoms with E-state index in [9.17, 15) is 9.59 Å². The third-order valence-corrected chi connectivity index (χ3v) is 4.65. The SMILES string of the molecule is CCOC(=O)C1=C(C)OC(N)=C(C(=O)OCC)[C@@H]1c1cccc(Oc2ccccc2)c1. The Kier molecular flexibility index (Phi) is 6.97. The number of hydrogen-bond acceptors (Lipinski definition) is 7. The number of para-hydroxylation sites is 1. The molecule has 162 valence electrons. The fourth-order valence-corrected chi connectivity index (χ4v) is 3.38. The molecule has 7 nitrogen and oxygen atoms in total. The van der Waals surface area contributed by atoms with Gasteiger partial charge in [0, 0.05) is 0 Å². The second-order valence-electron chi connectivity index (χ2n) is 6.71. The van der Waals surface area contributed by atoms with Crippen molar-refractivity contribution in [1.29, 1.82) is 0 Å². The fraction of sp³-hybridized carbons (Fsp3) is 0.250. The number of rotatable bonds is 7. The zero-order valence-corrected chi connectivity index (χ0v) is 17.7. The van der Waals surface area contributed by atoms with E-state index in [1.807, 2.05) is 30.3 Å². The number of hydrogen-bond donors (Lipinski definition) is 1. The van der Waals surface area contributed by atoms with Crippen LogP contribution >= 0.6 is 0 Å². The fourth-order valence-electron chi connectivity index (χ4n) is 3.38. The van der Waals surface area contributed by atoms with Crippen LogP contribution in [0.1, 0.15) is 32.3 Å². The summed E-state index contributed by atoms with van der Waals surface area (Å²) in [6.45, 7) is 5.33. The monoisotopic (exact) mass is 423 g/mol. The molecule has 1 heterocycles. The molecule has 31 heavy (non-hydrogen) atoms. The van der Waals surface area contributed by atoms with Crippen molar-refractivity contribution in [3.05, 3.63) is 82.9 Å². The molecule has 2 aromatic carbocycles. The van der Waals surface area contributed by atoms with Gasteiger partial charge in [-0.25, -0.2) is 9.59 Å². The third kappa shape index (κ3) is 4.88. The molecule has 3 rings (SSSR count). The predicted molar refractivity (Wildman–Crippen MR) is 114 cm³/mol. The molecule has 0 amide bonds. The maximum absolute atomic E-state index is 12.8. The van der Waals surface area contributed by atoms with Crippen molar-refractivity contribution < 1.29 is 28.5 Å². The van der Waals surface area contributed by atoms with Crippen LogP contribution in [0.3, 0.4) is 0 Å². The van der Waals surface area contributed by atoms with Crippen molar-refractivity contribution in [3.63, 3.8) is 0 Å². The minimum absolute atomic E-state index is 0.0485. The van der Waals surface area contributed by atoms with E-state index in [1.54, 1.807) is 45.0 Å². The number of esters is 2. The molecule has 0 bridgehead atoms. The highest BCUT2D eigenvalue weighted by Gasteiger charge is 2.40. The van der Waals surface area contributed by atoms with E-state index in [-0.39, 0.29) is 36.0 Å². The summed E-state index contributed by atoms with van der Waals surface area (Å²) in [4.78, 5) is 25.5. The van der Waals surface area contributed by atoms with Crippen LogP contribution in [0.15, 0.2) is 77.4 Å². The summed E-state index contributed by atoms with van der Waals surface area (Å²) in [6.07, 6.45) is 0. The largest absolute Gasteiger partial charge is 0.463 e. The molecule has 0 saturated carbocycles. The lowest BCUT2D eigenvalue weighted by atomic mass is 9.82. The Labute approximate surface area is 181 Å². The molecule has 0 aliphatic carbocycles. The number of benzene rings is 2. The van der Waals surface area contributed by atoms with Crippen LogP contribution < -0.4 is 10.5 Å². The lowest BCUT2D eigenvalue weighted by Crippen LogP contribution is -2.30. The number of nitrogens with two attached hydrogens (primary N) is 1. The van der Waals surface area contributed by atoms with E-state index in [1.165, 1.54) is 0 Å². The summed E-state index contributed by atoms with van der Waals surface area (Å²) in [5, 5.41) is 0. The van der Waals surface area contributed by atoms with Gasteiger partial charge in [0.1, 0.15) is 22.8 Å². The van der Waals surface area contributed by atoms with Gasteiger partial charge < -0.3 is 24.7 Å². The summed E-state index contributed by atoms with van der Waals surface area (Å²) in [6, 6.07) is 16.4. The Morgan fingerprint density at radius 3 is 2.16 bits per heavy atom. The molecule has 7 heteroatoms. The summed E-state index contributed by atoms with van der Waals surface area (Å²) in [7, 11) is 0. The highest BCUT2D eigenvalue weighted by atomic mass is 16.5. The van der Waals surface area contributed by atoms with Crippen molar-refractivity contribution in [1.82, 2.24) is 0 Å². The number of carbonyl (C=O) groups excluding carboxylic acids is 2. The Hall–Kier alpha value is -3.74. The van der Waals surface area contributed by atoms with Crippen LogP contribution in [0.2, 0.25) is 0 Å². The van der Waals surface area contributed by atoms with Crippen molar-refractivity contribution in [3.8, 4) is 11.5 Å². The summed E-state index contributed by atoms with van der Waals surface area (Å²) >= 11 is 0. The summed E-state index contributed by atoms with van der Waals surface area (Å²) < 4.78 is 21.9. The molecular weight excluding hydrogens is 398 g/mol. The summed E-state index contributed by atoms with van der Waals surface area (Å²) in [5.74, 6) is -0.720. The smallest absolute Gasteiger partial charge is 0.340 e. The minimum Gasteiger partial charge on any atom is -0.463 e. The molecule has 0 spiro atoms. The average Bonchev–Trinajstić information content (AvgIpc) is 2.74. The Morgan fingerprint density at radius 1 is 0.903 bits per heavy atom. The zero-order chi connectivity index (χ0) is 22.4. The van der Waals surface area contributed by atoms with Crippen LogP contribution in [0, 0.1) is 0 Å². The molecular formula is C24H25NO6. The van der Waals surface area contributed by atoms with Crippen molar-refractivity contribution in [2.75, 3.05) is 13.2 Å². The van der Waals surface area contributed by atoms with Crippen LogP contribution in [0.25, 0.3) is 0 Å². The maximum atomic E-state index is 12.8. The standard InChI is InChI=1S/C24H25NO6/c1-4-28-23(26)19-15(3)30-22(25)21(24(27)29-5-2)20(19)16-10-9-13-18(14-16)31-17-11-7-6-8-12-17/h6-14,20H,4-5,25H2,1-3H3/t20-/m1/s1. The van der Waals surface area contributed by atoms with Crippen molar-refractivity contribution >= 4 is 11.9 Å². The summed E-state index contributed by atoms with van der Waals surface area (Å²) in [5.41, 5.74) is 6.92. The van der Waals surface area contributed by atoms with E-state index in [0.717, 1.165) is 0 Å². The van der Waals surface area contributed by atoms with E-state index in [2.05, 4.69) is 0 Å². The second kappa shape index (κ2) is 9.84. The van der Waals surface area contributed by atoms with Gasteiger partial charge in [-0.05, 0) is 50.6 Å². The van der Waals surface area contributed by atoms with Gasteiger partial charge in [-0.2, -0.15) is 0 Å². The van der Waals surface area contributed by atoms with E-state index < -0.39 is 17.9 Å². The van der Waals surface area contributed by atoms with E-state index in [0.29, 0.717) is 17.1 Å². The first-order valence-electron chi connectivity index (χ1n) is 10.0. The van der Waals surface area contributed by atoms with Gasteiger partial charge >= 0.3 is 11.9 Å². The Bertz CT molecular complexity index is 985. The second-order valence-corrected chi connectivity index (χ2v) is 6.71. The van der Waals surface area contributed by atoms with Crippen molar-refractivity contribution in [2.24, 2.45) is 5.73 Å². The van der Waals surface area contributed by atoms with Crippen molar-refractivity contribution in [2.45, 2.75) is 26.7 Å². The van der Waals surface area contributed by atoms with Gasteiger partial charge in [-0.15, -0.1) is 0 Å². The van der Waals surface area contributed by atoms with Crippen LogP contribution in [0.5, 0.6) is 11.5 Å². The quantitative estimate of drug-likeness (QED) is 0.668. The van der Waals surface area contributed by atoms with Gasteiger partial charge in [-0.3, -0.25) is 0 Å². The molecule has 0 saturated heterocycles. The molecule has 2 N–H and O–H groups in total. The Balaban J connectivity index is 2.09. The average molecular weight is 423 g/mol. The zero-order valence-electron chi connectivity index (χ0n) is 17.7. The van der Waals surface area contributed by atoms with Gasteiger partial charge in [-0.1, -0.05) is 30.3 Å². The first-order chi connectivity index (χ1) is 15.0. The van der Waals surface area contributed by atoms with Crippen LogP contribution in [0.4, 0.5) is 0 Å². The topological polar surface area (TPSA) is 97.1 Å². The van der Waals surface area contributed by atoms with Crippen LogP contribution in [-0.2, 0) is 23.8 Å². The molecule has 0 fully saturated rings. The molecule has 0 unspecified atom stereocenters. The van der Waals surface area contributed by atoms with Gasteiger partial charge in [0.2, 0.25) is 5.88 Å². The third-order valence-electron chi connectivity index (χ3n) is 4.65. The molecule has 1 aliphatic rings. The van der Waals surface area contributed by atoms with Gasteiger partial charge in [0.15, 0.2) is 0 Å². The van der Waals surface area contributed by atoms with E-state index >= 15 is 0 Å². The molecule has 0 aromatic heterocycles. The first kappa shape index (κ1) is 22.0. The van der Waals surface area contributed by atoms with E-state index in [4.69, 9.17) is 24.7 Å². The number of carbonyl (C=O) groups is 2. The van der Waals surface area contributed by atoms with Gasteiger partial charge in [0.05, 0.1) is 24.7 Å². The lowest BCUT2D eigenvalue weighted by molar-refractivity contribution is -0.140. The van der Waals surface area contributed by atoms with Crippen LogP contribution in [-0.4, -0.2) is 25.2 Å². The molecule has 1 atom stereocenters. The van der Waals surface area contributed by atoms with Gasteiger partial charge in [0.25, 0.3) is 0 Å². The normalized spacial score (nSPS) is 15.9. The Morgan fingerprint density at radius 2 is 1.52 bits per heavy atom. The number of allylic oxidation sites excluding steroid dienone is 1. The predicted octanol–water partition coefficient (Wildman–Crippen LogP) is 4.16. The minimum atomic E-state index is -0.828. The molecule has 0 radical (unpaired) electrons. The maximum Gasteiger partial charge on any atom is 0.340 e. The lowest BCUT2D eigenvalue weighted by Gasteiger charge is -2.29. The first-order valence-corrected chi connectivity index (χ1v) is 10.0. The number of ether oxygens (including phenoxy) is 4. The molecule has 1 aliphatic heterocycles. The molecule has 2 aromatic rings.